The van der Waals surface area contributed by atoms with Crippen molar-refractivity contribution in [3.63, 3.8) is 0 Å². The minimum Gasteiger partial charge on any atom is -0.488 e. The zero-order valence-electron chi connectivity index (χ0n) is 18.5. The van der Waals surface area contributed by atoms with E-state index in [1.807, 2.05) is 12.1 Å². The number of imide groups is 1. The third kappa shape index (κ3) is 6.00. The molecule has 0 bridgehead atoms. The van der Waals surface area contributed by atoms with Crippen LogP contribution in [-0.2, 0) is 16.2 Å². The van der Waals surface area contributed by atoms with E-state index in [-0.39, 0.29) is 17.2 Å². The van der Waals surface area contributed by atoms with Gasteiger partial charge in [0.2, 0.25) is 5.91 Å². The van der Waals surface area contributed by atoms with Crippen LogP contribution < -0.4 is 10.1 Å². The number of hydrogen-bond acceptors (Lipinski definition) is 6. The molecule has 0 aliphatic carbocycles. The van der Waals surface area contributed by atoms with E-state index in [0.717, 1.165) is 28.3 Å². The van der Waals surface area contributed by atoms with Gasteiger partial charge in [-0.25, -0.2) is 4.39 Å². The first-order valence-electron chi connectivity index (χ1n) is 10.5. The molecule has 1 aliphatic heterocycles. The SMILES string of the molecule is N#Cc1ccccc1COc1ccc(/C=C2/SC(=O)N(CC(=O)Nc3cccc(F)c3)C2=O)cc1Br. The monoisotopic (exact) mass is 565 g/mol. The lowest BCUT2D eigenvalue weighted by Crippen LogP contribution is -2.36. The molecule has 1 N–H and O–H groups in total. The van der Waals surface area contributed by atoms with Gasteiger partial charge in [0, 0.05) is 11.3 Å². The summed E-state index contributed by atoms with van der Waals surface area (Å²) >= 11 is 4.18. The van der Waals surface area contributed by atoms with Crippen molar-refractivity contribution >= 4 is 56.5 Å². The summed E-state index contributed by atoms with van der Waals surface area (Å²) in [6.45, 7) is -0.280. The van der Waals surface area contributed by atoms with E-state index in [9.17, 15) is 24.0 Å². The smallest absolute Gasteiger partial charge is 0.294 e. The number of nitrogens with one attached hydrogen (secondary N) is 1. The fourth-order valence-electron chi connectivity index (χ4n) is 3.33. The summed E-state index contributed by atoms with van der Waals surface area (Å²) in [6.07, 6.45) is 1.55. The fraction of sp³-hybridized carbons (Fsp3) is 0.0769. The quantitative estimate of drug-likeness (QED) is 0.368. The Balaban J connectivity index is 1.41. The number of ether oxygens (including phenoxy) is 1. The van der Waals surface area contributed by atoms with Crippen molar-refractivity contribution in [1.29, 1.82) is 5.26 Å². The molecule has 0 aromatic heterocycles. The van der Waals surface area contributed by atoms with Gasteiger partial charge in [0.1, 0.15) is 24.7 Å². The molecule has 180 valence electrons. The van der Waals surface area contributed by atoms with Gasteiger partial charge in [-0.15, -0.1) is 0 Å². The molecule has 7 nitrogen and oxygen atoms in total. The second-order valence-electron chi connectivity index (χ2n) is 7.57. The number of halogens is 2. The van der Waals surface area contributed by atoms with Gasteiger partial charge in [0.25, 0.3) is 11.1 Å². The maximum absolute atomic E-state index is 13.3. The minimum absolute atomic E-state index is 0.169. The first-order chi connectivity index (χ1) is 17.3. The van der Waals surface area contributed by atoms with Gasteiger partial charge >= 0.3 is 0 Å². The maximum atomic E-state index is 13.3. The average Bonchev–Trinajstić information content (AvgIpc) is 3.11. The summed E-state index contributed by atoms with van der Waals surface area (Å²) in [5, 5.41) is 11.1. The molecule has 0 atom stereocenters. The highest BCUT2D eigenvalue weighted by Crippen LogP contribution is 2.34. The normalized spacial score (nSPS) is 14.1. The summed E-state index contributed by atoms with van der Waals surface area (Å²) in [4.78, 5) is 38.4. The van der Waals surface area contributed by atoms with E-state index in [2.05, 4.69) is 27.3 Å². The van der Waals surface area contributed by atoms with Crippen molar-refractivity contribution < 1.29 is 23.5 Å². The van der Waals surface area contributed by atoms with E-state index in [1.165, 1.54) is 18.2 Å². The number of amides is 3. The van der Waals surface area contributed by atoms with E-state index < -0.39 is 29.4 Å². The van der Waals surface area contributed by atoms with Crippen LogP contribution >= 0.6 is 27.7 Å². The molecule has 0 unspecified atom stereocenters. The van der Waals surface area contributed by atoms with Crippen LogP contribution in [0.3, 0.4) is 0 Å². The van der Waals surface area contributed by atoms with Gasteiger partial charge in [-0.3, -0.25) is 19.3 Å². The van der Waals surface area contributed by atoms with E-state index in [0.29, 0.717) is 21.3 Å². The van der Waals surface area contributed by atoms with Crippen molar-refractivity contribution in [2.75, 3.05) is 11.9 Å². The Morgan fingerprint density at radius 3 is 2.69 bits per heavy atom. The number of rotatable bonds is 7. The minimum atomic E-state index is -0.619. The van der Waals surface area contributed by atoms with Crippen molar-refractivity contribution in [3.8, 4) is 11.8 Å². The Morgan fingerprint density at radius 2 is 1.94 bits per heavy atom. The molecule has 0 spiro atoms. The average molecular weight is 566 g/mol. The maximum Gasteiger partial charge on any atom is 0.294 e. The van der Waals surface area contributed by atoms with Crippen LogP contribution in [0.1, 0.15) is 16.7 Å². The van der Waals surface area contributed by atoms with Gasteiger partial charge in [-0.2, -0.15) is 5.26 Å². The first-order valence-corrected chi connectivity index (χ1v) is 12.2. The fourth-order valence-corrected chi connectivity index (χ4v) is 4.68. The molecule has 3 aromatic rings. The number of nitriles is 1. The molecule has 36 heavy (non-hydrogen) atoms. The Bertz CT molecular complexity index is 1440. The standard InChI is InChI=1S/C26H17BrFN3O4S/c27-21-10-16(8-9-22(21)35-15-18-5-2-1-4-17(18)13-29)11-23-25(33)31(26(34)36-23)14-24(32)30-20-7-3-6-19(28)12-20/h1-12H,14-15H2,(H,30,32)/b23-11+. The molecule has 4 rings (SSSR count). The highest BCUT2D eigenvalue weighted by Gasteiger charge is 2.36. The third-order valence-electron chi connectivity index (χ3n) is 5.06. The molecular weight excluding hydrogens is 549 g/mol. The van der Waals surface area contributed by atoms with Gasteiger partial charge in [0.15, 0.2) is 0 Å². The van der Waals surface area contributed by atoms with Crippen LogP contribution in [0.2, 0.25) is 0 Å². The van der Waals surface area contributed by atoms with Crippen LogP contribution in [0.4, 0.5) is 14.9 Å². The first kappa shape index (κ1) is 25.2. The van der Waals surface area contributed by atoms with E-state index in [1.54, 1.807) is 36.4 Å². The number of anilines is 1. The summed E-state index contributed by atoms with van der Waals surface area (Å²) in [5.74, 6) is -1.19. The molecule has 1 fully saturated rings. The molecule has 0 saturated carbocycles. The molecule has 3 aromatic carbocycles. The molecule has 10 heteroatoms. The molecule has 1 aliphatic rings. The molecule has 1 saturated heterocycles. The van der Waals surface area contributed by atoms with Gasteiger partial charge < -0.3 is 10.1 Å². The molecule has 0 radical (unpaired) electrons. The Hall–Kier alpha value is -3.94. The summed E-state index contributed by atoms with van der Waals surface area (Å²) in [6, 6.07) is 19.8. The molecule has 1 heterocycles. The van der Waals surface area contributed by atoms with Crippen LogP contribution in [0.15, 0.2) is 76.1 Å². The topological polar surface area (TPSA) is 99.5 Å². The number of carbonyl (C=O) groups is 3. The highest BCUT2D eigenvalue weighted by molar-refractivity contribution is 9.10. The summed E-state index contributed by atoms with van der Waals surface area (Å²) < 4.78 is 19.8. The van der Waals surface area contributed by atoms with Crippen molar-refractivity contribution in [2.45, 2.75) is 6.61 Å². The summed E-state index contributed by atoms with van der Waals surface area (Å²) in [5.41, 5.74) is 2.16. The number of benzene rings is 3. The Morgan fingerprint density at radius 1 is 1.14 bits per heavy atom. The van der Waals surface area contributed by atoms with Gasteiger partial charge in [0.05, 0.1) is 21.0 Å². The van der Waals surface area contributed by atoms with Crippen LogP contribution in [0, 0.1) is 17.1 Å². The Kier molecular flexibility index (Phi) is 7.83. The number of carbonyl (C=O) groups excluding carboxylic acids is 3. The largest absolute Gasteiger partial charge is 0.488 e. The third-order valence-corrected chi connectivity index (χ3v) is 6.59. The Labute approximate surface area is 218 Å². The highest BCUT2D eigenvalue weighted by atomic mass is 79.9. The van der Waals surface area contributed by atoms with Gasteiger partial charge in [-0.1, -0.05) is 30.3 Å². The second-order valence-corrected chi connectivity index (χ2v) is 9.42. The van der Waals surface area contributed by atoms with Crippen LogP contribution in [0.5, 0.6) is 5.75 Å². The lowest BCUT2D eigenvalue weighted by Gasteiger charge is -2.12. The molecule has 3 amide bonds. The summed E-state index contributed by atoms with van der Waals surface area (Å²) in [7, 11) is 0. The number of thioether (sulfide) groups is 1. The predicted octanol–water partition coefficient (Wildman–Crippen LogP) is 5.71. The lowest BCUT2D eigenvalue weighted by molar-refractivity contribution is -0.127. The van der Waals surface area contributed by atoms with E-state index >= 15 is 0 Å². The van der Waals surface area contributed by atoms with Crippen LogP contribution in [0.25, 0.3) is 6.08 Å². The van der Waals surface area contributed by atoms with Crippen molar-refractivity contribution in [2.24, 2.45) is 0 Å². The second kappa shape index (κ2) is 11.2. The zero-order chi connectivity index (χ0) is 25.7. The number of hydrogen-bond donors (Lipinski definition) is 1. The molecular formula is C26H17BrFN3O4S. The number of nitrogens with zero attached hydrogens (tertiary/aromatic N) is 2. The van der Waals surface area contributed by atoms with E-state index in [4.69, 9.17) is 4.74 Å². The zero-order valence-corrected chi connectivity index (χ0v) is 20.9. The van der Waals surface area contributed by atoms with Crippen LogP contribution in [-0.4, -0.2) is 28.5 Å². The van der Waals surface area contributed by atoms with Crippen molar-refractivity contribution in [3.05, 3.63) is 98.6 Å². The predicted molar refractivity (Wildman–Crippen MR) is 137 cm³/mol. The van der Waals surface area contributed by atoms with Gasteiger partial charge in [-0.05, 0) is 75.7 Å². The van der Waals surface area contributed by atoms with Crippen molar-refractivity contribution in [1.82, 2.24) is 4.90 Å². The lowest BCUT2D eigenvalue weighted by atomic mass is 10.1.